The molecule has 1 saturated heterocycles. The molecule has 0 unspecified atom stereocenters. The Kier molecular flexibility index (Phi) is 7.36. The standard InChI is InChI=1S/C22H34N6OS/c1-21(2)10-16(11-22(3,4)27-21)28(5)20(26)30-19(25)17-8-7-14(9-18(17)29-6)15(12-23)13-24/h7-9,12-13,16,23,25-27H,10-11,24H2,1-6H3/b15-13+,23-12?,25-19?,26-20?. The van der Waals surface area contributed by atoms with Crippen LogP contribution in [-0.4, -0.2) is 52.6 Å². The second-order valence-corrected chi connectivity index (χ2v) is 9.98. The zero-order valence-electron chi connectivity index (χ0n) is 18.7. The summed E-state index contributed by atoms with van der Waals surface area (Å²) < 4.78 is 5.47. The van der Waals surface area contributed by atoms with Gasteiger partial charge in [-0.25, -0.2) is 0 Å². The molecule has 1 heterocycles. The molecule has 1 aromatic carbocycles. The van der Waals surface area contributed by atoms with Crippen LogP contribution >= 0.6 is 11.8 Å². The number of rotatable bonds is 5. The van der Waals surface area contributed by atoms with Gasteiger partial charge in [0, 0.05) is 47.7 Å². The Morgan fingerprint density at radius 3 is 2.33 bits per heavy atom. The molecular weight excluding hydrogens is 396 g/mol. The molecule has 164 valence electrons. The zero-order valence-corrected chi connectivity index (χ0v) is 19.5. The molecular formula is C22H34N6OS. The van der Waals surface area contributed by atoms with Crippen LogP contribution in [0.5, 0.6) is 5.75 Å². The minimum Gasteiger partial charge on any atom is -0.496 e. The first-order valence-corrected chi connectivity index (χ1v) is 10.7. The molecule has 1 fully saturated rings. The molecule has 1 aromatic rings. The van der Waals surface area contributed by atoms with Gasteiger partial charge >= 0.3 is 0 Å². The first-order valence-electron chi connectivity index (χ1n) is 9.91. The fourth-order valence-corrected chi connectivity index (χ4v) is 4.98. The highest BCUT2D eigenvalue weighted by Gasteiger charge is 2.39. The third-order valence-corrected chi connectivity index (χ3v) is 6.26. The summed E-state index contributed by atoms with van der Waals surface area (Å²) >= 11 is 1.12. The van der Waals surface area contributed by atoms with Crippen molar-refractivity contribution < 1.29 is 4.74 Å². The van der Waals surface area contributed by atoms with Gasteiger partial charge in [0.15, 0.2) is 5.17 Å². The van der Waals surface area contributed by atoms with Crippen molar-refractivity contribution >= 4 is 33.8 Å². The van der Waals surface area contributed by atoms with Crippen LogP contribution in [0.2, 0.25) is 0 Å². The molecule has 0 aromatic heterocycles. The molecule has 0 aliphatic carbocycles. The van der Waals surface area contributed by atoms with E-state index in [1.807, 2.05) is 18.0 Å². The van der Waals surface area contributed by atoms with Crippen LogP contribution in [0.3, 0.4) is 0 Å². The number of methoxy groups -OCH3 is 1. The van der Waals surface area contributed by atoms with Crippen LogP contribution in [0.15, 0.2) is 24.4 Å². The van der Waals surface area contributed by atoms with Gasteiger partial charge in [0.25, 0.3) is 0 Å². The number of thioether (sulfide) groups is 1. The summed E-state index contributed by atoms with van der Waals surface area (Å²) in [5.74, 6) is 0.519. The quantitative estimate of drug-likeness (QED) is 0.358. The molecule has 0 bridgehead atoms. The normalized spacial score (nSPS) is 18.5. The van der Waals surface area contributed by atoms with Gasteiger partial charge in [-0.15, -0.1) is 0 Å². The number of piperidine rings is 1. The largest absolute Gasteiger partial charge is 0.496 e. The number of ether oxygens (including phenoxy) is 1. The molecule has 1 aliphatic heterocycles. The van der Waals surface area contributed by atoms with E-state index < -0.39 is 0 Å². The summed E-state index contributed by atoms with van der Waals surface area (Å²) in [5.41, 5.74) is 7.48. The molecule has 0 atom stereocenters. The van der Waals surface area contributed by atoms with E-state index in [0.29, 0.717) is 22.1 Å². The number of nitrogens with zero attached hydrogens (tertiary/aromatic N) is 1. The summed E-state index contributed by atoms with van der Waals surface area (Å²) in [6.45, 7) is 8.77. The van der Waals surface area contributed by atoms with Crippen LogP contribution in [0.4, 0.5) is 0 Å². The van der Waals surface area contributed by atoms with Gasteiger partial charge in [-0.1, -0.05) is 6.07 Å². The first-order chi connectivity index (χ1) is 13.9. The first kappa shape index (κ1) is 24.0. The minimum absolute atomic E-state index is 0.0126. The van der Waals surface area contributed by atoms with Gasteiger partial charge in [-0.2, -0.15) is 0 Å². The SMILES string of the molecule is COc1cc(/C(C=N)=C/N)ccc1C(=N)SC(=N)N(C)C1CC(C)(C)NC(C)(C)C1. The number of nitrogens with one attached hydrogen (secondary N) is 4. The van der Waals surface area contributed by atoms with E-state index in [-0.39, 0.29) is 22.2 Å². The third kappa shape index (κ3) is 5.64. The van der Waals surface area contributed by atoms with Crippen LogP contribution < -0.4 is 15.8 Å². The number of benzene rings is 1. The van der Waals surface area contributed by atoms with Crippen molar-refractivity contribution in [3.63, 3.8) is 0 Å². The second kappa shape index (κ2) is 9.22. The van der Waals surface area contributed by atoms with E-state index in [1.54, 1.807) is 19.2 Å². The number of amidine groups is 1. The summed E-state index contributed by atoms with van der Waals surface area (Å²) in [7, 11) is 3.49. The lowest BCUT2D eigenvalue weighted by Gasteiger charge is -2.49. The third-order valence-electron chi connectivity index (χ3n) is 5.35. The lowest BCUT2D eigenvalue weighted by Crippen LogP contribution is -2.62. The molecule has 2 rings (SSSR count). The van der Waals surface area contributed by atoms with E-state index in [4.69, 9.17) is 26.7 Å². The molecule has 1 aliphatic rings. The molecule has 7 nitrogen and oxygen atoms in total. The minimum atomic E-state index is -0.0126. The molecule has 0 radical (unpaired) electrons. The number of nitrogens with two attached hydrogens (primary N) is 1. The van der Waals surface area contributed by atoms with Gasteiger partial charge in [-0.3, -0.25) is 10.8 Å². The van der Waals surface area contributed by atoms with Crippen LogP contribution in [0.25, 0.3) is 5.57 Å². The average Bonchev–Trinajstić information content (AvgIpc) is 2.65. The Bertz CT molecular complexity index is 845. The van der Waals surface area contributed by atoms with Crippen molar-refractivity contribution in [1.82, 2.24) is 10.2 Å². The van der Waals surface area contributed by atoms with Crippen LogP contribution in [0, 0.1) is 16.2 Å². The van der Waals surface area contributed by atoms with Crippen LogP contribution in [0.1, 0.15) is 51.7 Å². The van der Waals surface area contributed by atoms with E-state index in [0.717, 1.165) is 30.2 Å². The lowest BCUT2D eigenvalue weighted by molar-refractivity contribution is 0.114. The Balaban J connectivity index is 2.17. The molecule has 30 heavy (non-hydrogen) atoms. The molecule has 0 spiro atoms. The predicted molar refractivity (Wildman–Crippen MR) is 128 cm³/mol. The highest BCUT2D eigenvalue weighted by molar-refractivity contribution is 8.26. The van der Waals surface area contributed by atoms with E-state index in [1.165, 1.54) is 12.4 Å². The maximum atomic E-state index is 8.60. The average molecular weight is 431 g/mol. The van der Waals surface area contributed by atoms with Crippen molar-refractivity contribution in [2.45, 2.75) is 57.7 Å². The lowest BCUT2D eigenvalue weighted by atomic mass is 9.79. The van der Waals surface area contributed by atoms with Gasteiger partial charge < -0.3 is 26.1 Å². The Hall–Kier alpha value is -2.32. The molecule has 0 amide bonds. The monoisotopic (exact) mass is 430 g/mol. The maximum absolute atomic E-state index is 8.60. The summed E-state index contributed by atoms with van der Waals surface area (Å²) in [6.07, 6.45) is 4.41. The van der Waals surface area contributed by atoms with Gasteiger partial charge in [0.05, 0.1) is 7.11 Å². The van der Waals surface area contributed by atoms with E-state index in [9.17, 15) is 0 Å². The van der Waals surface area contributed by atoms with E-state index >= 15 is 0 Å². The predicted octanol–water partition coefficient (Wildman–Crippen LogP) is 3.88. The molecule has 8 heteroatoms. The van der Waals surface area contributed by atoms with Gasteiger partial charge in [0.2, 0.25) is 0 Å². The van der Waals surface area contributed by atoms with Crippen molar-refractivity contribution in [3.05, 3.63) is 35.5 Å². The highest BCUT2D eigenvalue weighted by Crippen LogP contribution is 2.33. The van der Waals surface area contributed by atoms with Crippen molar-refractivity contribution in [2.24, 2.45) is 5.73 Å². The number of hydrogen-bond acceptors (Lipinski definition) is 7. The number of allylic oxidation sites excluding steroid dienone is 1. The zero-order chi connectivity index (χ0) is 22.7. The van der Waals surface area contributed by atoms with Crippen molar-refractivity contribution in [2.75, 3.05) is 14.2 Å². The van der Waals surface area contributed by atoms with Crippen molar-refractivity contribution in [3.8, 4) is 5.75 Å². The molecule has 0 saturated carbocycles. The molecule has 6 N–H and O–H groups in total. The summed E-state index contributed by atoms with van der Waals surface area (Å²) in [5, 5.41) is 28.9. The fraction of sp³-hybridized carbons (Fsp3) is 0.500. The summed E-state index contributed by atoms with van der Waals surface area (Å²) in [4.78, 5) is 1.98. The van der Waals surface area contributed by atoms with Crippen LogP contribution in [-0.2, 0) is 0 Å². The van der Waals surface area contributed by atoms with Crippen molar-refractivity contribution in [1.29, 1.82) is 16.2 Å². The smallest absolute Gasteiger partial charge is 0.162 e. The van der Waals surface area contributed by atoms with Gasteiger partial charge in [0.1, 0.15) is 10.8 Å². The number of hydrogen-bond donors (Lipinski definition) is 5. The Morgan fingerprint density at radius 1 is 1.23 bits per heavy atom. The fourth-order valence-electron chi connectivity index (χ4n) is 4.22. The topological polar surface area (TPSA) is 122 Å². The van der Waals surface area contributed by atoms with Gasteiger partial charge in [-0.05, 0) is 70.0 Å². The maximum Gasteiger partial charge on any atom is 0.162 e. The Morgan fingerprint density at radius 2 is 1.83 bits per heavy atom. The summed E-state index contributed by atoms with van der Waals surface area (Å²) in [6, 6.07) is 5.57. The highest BCUT2D eigenvalue weighted by atomic mass is 32.2. The second-order valence-electron chi connectivity index (χ2n) is 8.98. The van der Waals surface area contributed by atoms with E-state index in [2.05, 4.69) is 33.0 Å². The Labute approximate surface area is 184 Å².